The van der Waals surface area contributed by atoms with Crippen molar-refractivity contribution in [2.75, 3.05) is 6.54 Å². The summed E-state index contributed by atoms with van der Waals surface area (Å²) in [5.41, 5.74) is 0. The second-order valence-electron chi connectivity index (χ2n) is 6.42. The van der Waals surface area contributed by atoms with E-state index in [9.17, 15) is 4.79 Å². The van der Waals surface area contributed by atoms with Crippen LogP contribution in [0.2, 0.25) is 0 Å². The van der Waals surface area contributed by atoms with E-state index in [0.717, 1.165) is 31.7 Å². The molecule has 2 atom stereocenters. The number of nitrogens with one attached hydrogen (secondary N) is 1. The van der Waals surface area contributed by atoms with Crippen molar-refractivity contribution in [3.63, 3.8) is 0 Å². The van der Waals surface area contributed by atoms with Gasteiger partial charge in [-0.3, -0.25) is 10.1 Å². The molecule has 104 valence electrons. The van der Waals surface area contributed by atoms with Gasteiger partial charge in [-0.1, -0.05) is 40.0 Å². The standard InChI is InChI=1S/C15H28N2O/c1-4-5-14-16-13(10-11(2)3)15(18)17(14)9-8-12-6-7-12/h11-14,16H,4-10H2,1-3H3. The maximum atomic E-state index is 12.4. The second kappa shape index (κ2) is 6.05. The van der Waals surface area contributed by atoms with Gasteiger partial charge in [0, 0.05) is 6.54 Å². The lowest BCUT2D eigenvalue weighted by Gasteiger charge is -2.23. The Labute approximate surface area is 111 Å². The van der Waals surface area contributed by atoms with Gasteiger partial charge in [0.25, 0.3) is 0 Å². The van der Waals surface area contributed by atoms with Crippen LogP contribution in [-0.2, 0) is 4.79 Å². The molecular weight excluding hydrogens is 224 g/mol. The summed E-state index contributed by atoms with van der Waals surface area (Å²) >= 11 is 0. The summed E-state index contributed by atoms with van der Waals surface area (Å²) in [4.78, 5) is 14.5. The van der Waals surface area contributed by atoms with Gasteiger partial charge in [-0.25, -0.2) is 0 Å². The predicted octanol–water partition coefficient (Wildman–Crippen LogP) is 2.76. The van der Waals surface area contributed by atoms with Crippen molar-refractivity contribution in [2.24, 2.45) is 11.8 Å². The van der Waals surface area contributed by atoms with Gasteiger partial charge in [0.15, 0.2) is 0 Å². The minimum absolute atomic E-state index is 0.0701. The molecule has 0 aromatic rings. The highest BCUT2D eigenvalue weighted by atomic mass is 16.2. The highest BCUT2D eigenvalue weighted by Crippen LogP contribution is 2.33. The number of carbonyl (C=O) groups is 1. The zero-order valence-corrected chi connectivity index (χ0v) is 12.1. The van der Waals surface area contributed by atoms with Crippen molar-refractivity contribution in [1.29, 1.82) is 0 Å². The molecule has 0 aromatic carbocycles. The molecule has 3 heteroatoms. The molecule has 2 fully saturated rings. The summed E-state index contributed by atoms with van der Waals surface area (Å²) in [5.74, 6) is 1.84. The van der Waals surface area contributed by atoms with Crippen LogP contribution in [0.5, 0.6) is 0 Å². The summed E-state index contributed by atoms with van der Waals surface area (Å²) in [6, 6.07) is 0.0701. The van der Waals surface area contributed by atoms with E-state index in [-0.39, 0.29) is 6.04 Å². The highest BCUT2D eigenvalue weighted by Gasteiger charge is 2.38. The van der Waals surface area contributed by atoms with Crippen LogP contribution in [-0.4, -0.2) is 29.6 Å². The van der Waals surface area contributed by atoms with Crippen molar-refractivity contribution >= 4 is 5.91 Å². The average Bonchev–Trinajstić information content (AvgIpc) is 3.07. The van der Waals surface area contributed by atoms with E-state index in [0.29, 0.717) is 18.0 Å². The molecule has 1 saturated heterocycles. The first-order chi connectivity index (χ1) is 8.61. The Hall–Kier alpha value is -0.570. The summed E-state index contributed by atoms with van der Waals surface area (Å²) in [5, 5.41) is 3.54. The quantitative estimate of drug-likeness (QED) is 0.755. The molecule has 1 aliphatic heterocycles. The first kappa shape index (κ1) is 13.9. The molecule has 18 heavy (non-hydrogen) atoms. The first-order valence-electron chi connectivity index (χ1n) is 7.68. The molecule has 1 amide bonds. The summed E-state index contributed by atoms with van der Waals surface area (Å²) in [6.45, 7) is 7.55. The molecular formula is C15H28N2O. The fourth-order valence-corrected chi connectivity index (χ4v) is 2.89. The third-order valence-electron chi connectivity index (χ3n) is 4.10. The molecule has 2 unspecified atom stereocenters. The Morgan fingerprint density at radius 1 is 1.33 bits per heavy atom. The van der Waals surface area contributed by atoms with E-state index >= 15 is 0 Å². The van der Waals surface area contributed by atoms with Crippen LogP contribution in [0.4, 0.5) is 0 Å². The third-order valence-corrected chi connectivity index (χ3v) is 4.10. The van der Waals surface area contributed by atoms with Crippen LogP contribution in [0.1, 0.15) is 59.3 Å². The van der Waals surface area contributed by atoms with Gasteiger partial charge in [-0.15, -0.1) is 0 Å². The number of nitrogens with zero attached hydrogens (tertiary/aromatic N) is 1. The third kappa shape index (κ3) is 3.47. The van der Waals surface area contributed by atoms with Crippen LogP contribution >= 0.6 is 0 Å². The van der Waals surface area contributed by atoms with Crippen molar-refractivity contribution in [2.45, 2.75) is 71.5 Å². The SMILES string of the molecule is CCCC1NC(CC(C)C)C(=O)N1CCC1CC1. The summed E-state index contributed by atoms with van der Waals surface area (Å²) < 4.78 is 0. The topological polar surface area (TPSA) is 32.3 Å². The van der Waals surface area contributed by atoms with E-state index in [1.54, 1.807) is 0 Å². The van der Waals surface area contributed by atoms with E-state index < -0.39 is 0 Å². The number of hydrogen-bond donors (Lipinski definition) is 1. The minimum atomic E-state index is 0.0701. The van der Waals surface area contributed by atoms with Crippen molar-refractivity contribution in [3.8, 4) is 0 Å². The molecule has 1 N–H and O–H groups in total. The van der Waals surface area contributed by atoms with E-state index in [4.69, 9.17) is 0 Å². The smallest absolute Gasteiger partial charge is 0.241 e. The molecule has 3 nitrogen and oxygen atoms in total. The zero-order valence-electron chi connectivity index (χ0n) is 12.1. The Morgan fingerprint density at radius 3 is 2.61 bits per heavy atom. The lowest BCUT2D eigenvalue weighted by Crippen LogP contribution is -2.38. The van der Waals surface area contributed by atoms with Crippen LogP contribution in [0.25, 0.3) is 0 Å². The molecule has 1 saturated carbocycles. The predicted molar refractivity (Wildman–Crippen MR) is 74.1 cm³/mol. The first-order valence-corrected chi connectivity index (χ1v) is 7.68. The summed E-state index contributed by atoms with van der Waals surface area (Å²) in [6.07, 6.45) is 7.46. The van der Waals surface area contributed by atoms with Crippen LogP contribution < -0.4 is 5.32 Å². The minimum Gasteiger partial charge on any atom is -0.326 e. The van der Waals surface area contributed by atoms with Gasteiger partial charge in [-0.2, -0.15) is 0 Å². The normalized spacial score (nSPS) is 28.4. The molecule has 0 aromatic heterocycles. The average molecular weight is 252 g/mol. The van der Waals surface area contributed by atoms with E-state index in [2.05, 4.69) is 31.0 Å². The number of rotatable bonds is 7. The van der Waals surface area contributed by atoms with Gasteiger partial charge in [0.2, 0.25) is 5.91 Å². The lowest BCUT2D eigenvalue weighted by molar-refractivity contribution is -0.130. The van der Waals surface area contributed by atoms with Gasteiger partial charge >= 0.3 is 0 Å². The Bertz CT molecular complexity index is 286. The number of amides is 1. The van der Waals surface area contributed by atoms with Gasteiger partial charge < -0.3 is 4.90 Å². The lowest BCUT2D eigenvalue weighted by atomic mass is 10.0. The maximum Gasteiger partial charge on any atom is 0.241 e. The summed E-state index contributed by atoms with van der Waals surface area (Å²) in [7, 11) is 0. The second-order valence-corrected chi connectivity index (χ2v) is 6.42. The fourth-order valence-electron chi connectivity index (χ4n) is 2.89. The van der Waals surface area contributed by atoms with Crippen LogP contribution in [0.3, 0.4) is 0 Å². The van der Waals surface area contributed by atoms with Gasteiger partial charge in [-0.05, 0) is 31.1 Å². The Balaban J connectivity index is 1.91. The zero-order chi connectivity index (χ0) is 13.1. The monoisotopic (exact) mass is 252 g/mol. The van der Waals surface area contributed by atoms with Crippen LogP contribution in [0, 0.1) is 11.8 Å². The molecule has 0 bridgehead atoms. The number of carbonyl (C=O) groups excluding carboxylic acids is 1. The van der Waals surface area contributed by atoms with E-state index in [1.165, 1.54) is 19.3 Å². The Morgan fingerprint density at radius 2 is 2.06 bits per heavy atom. The molecule has 1 aliphatic carbocycles. The van der Waals surface area contributed by atoms with Gasteiger partial charge in [0.1, 0.15) is 0 Å². The number of hydrogen-bond acceptors (Lipinski definition) is 2. The van der Waals surface area contributed by atoms with Crippen molar-refractivity contribution in [3.05, 3.63) is 0 Å². The fraction of sp³-hybridized carbons (Fsp3) is 0.933. The molecule has 1 heterocycles. The maximum absolute atomic E-state index is 12.4. The van der Waals surface area contributed by atoms with Crippen molar-refractivity contribution < 1.29 is 4.79 Å². The molecule has 0 radical (unpaired) electrons. The Kier molecular flexibility index (Phi) is 4.66. The van der Waals surface area contributed by atoms with Crippen molar-refractivity contribution in [1.82, 2.24) is 10.2 Å². The molecule has 0 spiro atoms. The van der Waals surface area contributed by atoms with Gasteiger partial charge in [0.05, 0.1) is 12.2 Å². The van der Waals surface area contributed by atoms with E-state index in [1.807, 2.05) is 0 Å². The molecule has 2 aliphatic rings. The molecule has 2 rings (SSSR count). The highest BCUT2D eigenvalue weighted by molar-refractivity contribution is 5.84. The van der Waals surface area contributed by atoms with Crippen LogP contribution in [0.15, 0.2) is 0 Å². The largest absolute Gasteiger partial charge is 0.326 e.